The molecule has 11 heavy (non-hydrogen) atoms. The second-order valence-electron chi connectivity index (χ2n) is 2.08. The minimum Gasteiger partial charge on any atom is -0.399 e. The molecule has 2 N–H and O–H groups in total. The lowest BCUT2D eigenvalue weighted by molar-refractivity contribution is 0.150. The predicted molar refractivity (Wildman–Crippen MR) is 48.5 cm³/mol. The van der Waals surface area contributed by atoms with Gasteiger partial charge in [-0.15, -0.1) is 0 Å². The fourth-order valence-electron chi connectivity index (χ4n) is 0.729. The zero-order chi connectivity index (χ0) is 8.43. The largest absolute Gasteiger partial charge is 0.399 e. The molecule has 1 aromatic rings. The Bertz CT molecular complexity index is 263. The molecule has 1 aromatic carbocycles. The van der Waals surface area contributed by atoms with E-state index in [4.69, 9.17) is 5.73 Å². The average Bonchev–Trinajstić information content (AvgIpc) is 1.94. The number of hydrogen-bond donors (Lipinski definition) is 1. The molecule has 60 valence electrons. The SMILES string of the molecule is Nc1ccc(I)c(C(F)F)c1. The molecule has 0 spiro atoms. The predicted octanol–water partition coefficient (Wildman–Crippen LogP) is 2.81. The fourth-order valence-corrected chi connectivity index (χ4v) is 1.30. The first-order chi connectivity index (χ1) is 5.11. The molecule has 1 rings (SSSR count). The second kappa shape index (κ2) is 3.34. The van der Waals surface area contributed by atoms with E-state index in [9.17, 15) is 8.78 Å². The molecule has 0 atom stereocenters. The van der Waals surface area contributed by atoms with Crippen molar-refractivity contribution in [2.45, 2.75) is 6.43 Å². The van der Waals surface area contributed by atoms with Crippen molar-refractivity contribution < 1.29 is 8.78 Å². The first-order valence-electron chi connectivity index (χ1n) is 2.94. The minimum atomic E-state index is -2.44. The van der Waals surface area contributed by atoms with Crippen molar-refractivity contribution in [3.05, 3.63) is 27.3 Å². The van der Waals surface area contributed by atoms with Crippen LogP contribution in [0.3, 0.4) is 0 Å². The van der Waals surface area contributed by atoms with Gasteiger partial charge < -0.3 is 5.73 Å². The van der Waals surface area contributed by atoms with E-state index in [0.29, 0.717) is 9.26 Å². The summed E-state index contributed by atoms with van der Waals surface area (Å²) in [5.74, 6) is 0. The molecule has 0 amide bonds. The zero-order valence-electron chi connectivity index (χ0n) is 5.52. The standard InChI is InChI=1S/C7H6F2IN/c8-7(9)5-3-4(11)1-2-6(5)10/h1-3,7H,11H2. The van der Waals surface area contributed by atoms with Gasteiger partial charge in [0.2, 0.25) is 0 Å². The molecule has 0 radical (unpaired) electrons. The lowest BCUT2D eigenvalue weighted by Crippen LogP contribution is -1.92. The summed E-state index contributed by atoms with van der Waals surface area (Å²) in [5.41, 5.74) is 5.71. The highest BCUT2D eigenvalue weighted by Crippen LogP contribution is 2.25. The minimum absolute atomic E-state index is 0.00519. The fraction of sp³-hybridized carbons (Fsp3) is 0.143. The zero-order valence-corrected chi connectivity index (χ0v) is 7.68. The van der Waals surface area contributed by atoms with Crippen LogP contribution in [0.25, 0.3) is 0 Å². The van der Waals surface area contributed by atoms with E-state index >= 15 is 0 Å². The van der Waals surface area contributed by atoms with Crippen molar-refractivity contribution in [2.24, 2.45) is 0 Å². The van der Waals surface area contributed by atoms with E-state index in [0.717, 1.165) is 0 Å². The number of benzene rings is 1. The van der Waals surface area contributed by atoms with Crippen LogP contribution in [0.5, 0.6) is 0 Å². The maximum Gasteiger partial charge on any atom is 0.264 e. The molecule has 1 nitrogen and oxygen atoms in total. The number of rotatable bonds is 1. The summed E-state index contributed by atoms with van der Waals surface area (Å²) in [5, 5.41) is 0. The van der Waals surface area contributed by atoms with Gasteiger partial charge in [-0.2, -0.15) is 0 Å². The van der Waals surface area contributed by atoms with Gasteiger partial charge in [-0.25, -0.2) is 8.78 Å². The van der Waals surface area contributed by atoms with Crippen LogP contribution in [0.15, 0.2) is 18.2 Å². The van der Waals surface area contributed by atoms with E-state index in [1.165, 1.54) is 6.07 Å². The van der Waals surface area contributed by atoms with Crippen LogP contribution in [0.2, 0.25) is 0 Å². The molecule has 0 aliphatic rings. The highest BCUT2D eigenvalue weighted by atomic mass is 127. The van der Waals surface area contributed by atoms with Crippen molar-refractivity contribution in [1.29, 1.82) is 0 Å². The highest BCUT2D eigenvalue weighted by molar-refractivity contribution is 14.1. The van der Waals surface area contributed by atoms with Crippen molar-refractivity contribution in [3.8, 4) is 0 Å². The maximum atomic E-state index is 12.1. The Morgan fingerprint density at radius 2 is 2.00 bits per heavy atom. The topological polar surface area (TPSA) is 26.0 Å². The lowest BCUT2D eigenvalue weighted by Gasteiger charge is -2.02. The van der Waals surface area contributed by atoms with Crippen LogP contribution in [0, 0.1) is 3.57 Å². The molecule has 0 unspecified atom stereocenters. The molecule has 0 saturated heterocycles. The molecular weight excluding hydrogens is 263 g/mol. The maximum absolute atomic E-state index is 12.1. The molecule has 0 saturated carbocycles. The summed E-state index contributed by atoms with van der Waals surface area (Å²) in [7, 11) is 0. The Balaban J connectivity index is 3.13. The monoisotopic (exact) mass is 269 g/mol. The summed E-state index contributed by atoms with van der Waals surface area (Å²) in [6.07, 6.45) is -2.44. The Morgan fingerprint density at radius 1 is 1.36 bits per heavy atom. The van der Waals surface area contributed by atoms with Crippen molar-refractivity contribution in [3.63, 3.8) is 0 Å². The third-order valence-electron chi connectivity index (χ3n) is 1.26. The smallest absolute Gasteiger partial charge is 0.264 e. The van der Waals surface area contributed by atoms with Crippen LogP contribution in [0.4, 0.5) is 14.5 Å². The number of anilines is 1. The van der Waals surface area contributed by atoms with Gasteiger partial charge in [-0.05, 0) is 40.8 Å². The van der Waals surface area contributed by atoms with Gasteiger partial charge in [0, 0.05) is 14.8 Å². The van der Waals surface area contributed by atoms with Crippen LogP contribution >= 0.6 is 22.6 Å². The molecule has 0 aliphatic heterocycles. The Morgan fingerprint density at radius 3 is 2.45 bits per heavy atom. The van der Waals surface area contributed by atoms with E-state index in [2.05, 4.69) is 0 Å². The Kier molecular flexibility index (Phi) is 2.64. The Hall–Kier alpha value is -0.390. The molecule has 0 heterocycles. The van der Waals surface area contributed by atoms with Gasteiger partial charge >= 0.3 is 0 Å². The number of nitrogens with two attached hydrogens (primary N) is 1. The average molecular weight is 269 g/mol. The molecule has 0 aromatic heterocycles. The first-order valence-corrected chi connectivity index (χ1v) is 4.02. The highest BCUT2D eigenvalue weighted by Gasteiger charge is 2.10. The summed E-state index contributed by atoms with van der Waals surface area (Å²) in [4.78, 5) is 0. The van der Waals surface area contributed by atoms with Crippen molar-refractivity contribution in [1.82, 2.24) is 0 Å². The van der Waals surface area contributed by atoms with Gasteiger partial charge in [-0.3, -0.25) is 0 Å². The number of hydrogen-bond acceptors (Lipinski definition) is 1. The Labute approximate surface area is 76.7 Å². The van der Waals surface area contributed by atoms with Crippen molar-refractivity contribution in [2.75, 3.05) is 5.73 Å². The van der Waals surface area contributed by atoms with Gasteiger partial charge in [0.25, 0.3) is 6.43 Å². The summed E-state index contributed by atoms with van der Waals surface area (Å²) < 4.78 is 24.8. The third kappa shape index (κ3) is 2.02. The number of halogens is 3. The molecule has 0 aliphatic carbocycles. The summed E-state index contributed by atoms with van der Waals surface area (Å²) in [6, 6.07) is 4.48. The van der Waals surface area contributed by atoms with E-state index in [1.54, 1.807) is 12.1 Å². The third-order valence-corrected chi connectivity index (χ3v) is 2.24. The quantitative estimate of drug-likeness (QED) is 0.615. The van der Waals surface area contributed by atoms with Crippen LogP contribution in [0.1, 0.15) is 12.0 Å². The number of alkyl halides is 2. The van der Waals surface area contributed by atoms with Crippen molar-refractivity contribution >= 4 is 28.3 Å². The summed E-state index contributed by atoms with van der Waals surface area (Å²) in [6.45, 7) is 0. The number of nitrogen functional groups attached to an aromatic ring is 1. The lowest BCUT2D eigenvalue weighted by atomic mass is 10.2. The van der Waals surface area contributed by atoms with E-state index < -0.39 is 6.43 Å². The molecule has 4 heteroatoms. The van der Waals surface area contributed by atoms with E-state index in [1.807, 2.05) is 22.6 Å². The summed E-state index contributed by atoms with van der Waals surface area (Å²) >= 11 is 1.86. The first kappa shape index (κ1) is 8.70. The molecule has 0 fully saturated rings. The van der Waals surface area contributed by atoms with Crippen LogP contribution in [-0.4, -0.2) is 0 Å². The van der Waals surface area contributed by atoms with Gasteiger partial charge in [0.1, 0.15) is 0 Å². The second-order valence-corrected chi connectivity index (χ2v) is 3.24. The normalized spacial score (nSPS) is 10.5. The molecule has 0 bridgehead atoms. The van der Waals surface area contributed by atoms with Gasteiger partial charge in [0.05, 0.1) is 0 Å². The van der Waals surface area contributed by atoms with Gasteiger partial charge in [-0.1, -0.05) is 0 Å². The van der Waals surface area contributed by atoms with Gasteiger partial charge in [0.15, 0.2) is 0 Å². The van der Waals surface area contributed by atoms with Crippen LogP contribution < -0.4 is 5.73 Å². The molecular formula is C7H6F2IN. The van der Waals surface area contributed by atoms with Crippen LogP contribution in [-0.2, 0) is 0 Å². The van der Waals surface area contributed by atoms with E-state index in [-0.39, 0.29) is 5.56 Å².